The lowest BCUT2D eigenvalue weighted by atomic mass is 10.1. The molecule has 1 aromatic carbocycles. The lowest BCUT2D eigenvalue weighted by molar-refractivity contribution is -0.167. The molecule has 0 radical (unpaired) electrons. The predicted octanol–water partition coefficient (Wildman–Crippen LogP) is 2.00. The van der Waals surface area contributed by atoms with Crippen LogP contribution in [0.25, 0.3) is 0 Å². The van der Waals surface area contributed by atoms with E-state index in [1.807, 2.05) is 6.92 Å². The van der Waals surface area contributed by atoms with Crippen molar-refractivity contribution in [1.29, 1.82) is 0 Å². The minimum Gasteiger partial charge on any atom is -0.329 e. The van der Waals surface area contributed by atoms with E-state index < -0.39 is 17.8 Å². The SMILES string of the molecule is CCc1nc(CC(=O)ON2C(=O)c3ccccc3C2=O)cs1. The molecule has 112 valence electrons. The molecule has 3 rings (SSSR count). The summed E-state index contributed by atoms with van der Waals surface area (Å²) in [6, 6.07) is 6.35. The smallest absolute Gasteiger partial charge is 0.329 e. The number of hydrogen-bond donors (Lipinski definition) is 0. The minimum atomic E-state index is -0.692. The molecule has 0 bridgehead atoms. The number of aryl methyl sites for hydroxylation is 1. The Morgan fingerprint density at radius 2 is 1.86 bits per heavy atom. The summed E-state index contributed by atoms with van der Waals surface area (Å²) in [4.78, 5) is 45.2. The van der Waals surface area contributed by atoms with Gasteiger partial charge in [-0.25, -0.2) is 9.78 Å². The third-order valence-corrected chi connectivity index (χ3v) is 4.22. The van der Waals surface area contributed by atoms with Gasteiger partial charge in [0.1, 0.15) is 0 Å². The summed E-state index contributed by atoms with van der Waals surface area (Å²) in [5.74, 6) is -1.94. The Bertz CT molecular complexity index is 733. The van der Waals surface area contributed by atoms with Gasteiger partial charge in [0.05, 0.1) is 28.2 Å². The summed E-state index contributed by atoms with van der Waals surface area (Å²) < 4.78 is 0. The van der Waals surface area contributed by atoms with E-state index in [0.29, 0.717) is 10.8 Å². The molecule has 2 aromatic rings. The molecule has 1 aromatic heterocycles. The van der Waals surface area contributed by atoms with Crippen molar-refractivity contribution >= 4 is 29.1 Å². The average Bonchev–Trinajstić information content (AvgIpc) is 3.06. The molecule has 0 N–H and O–H groups in total. The monoisotopic (exact) mass is 316 g/mol. The summed E-state index contributed by atoms with van der Waals surface area (Å²) >= 11 is 1.46. The molecule has 0 unspecified atom stereocenters. The molecular formula is C15H12N2O4S. The first-order valence-corrected chi connectivity index (χ1v) is 7.60. The molecule has 7 heteroatoms. The average molecular weight is 316 g/mol. The molecule has 2 heterocycles. The van der Waals surface area contributed by atoms with Crippen molar-refractivity contribution in [2.24, 2.45) is 0 Å². The van der Waals surface area contributed by atoms with Gasteiger partial charge in [-0.2, -0.15) is 0 Å². The van der Waals surface area contributed by atoms with Gasteiger partial charge in [-0.3, -0.25) is 9.59 Å². The zero-order valence-electron chi connectivity index (χ0n) is 11.7. The quantitative estimate of drug-likeness (QED) is 0.806. The lowest BCUT2D eigenvalue weighted by Crippen LogP contribution is -2.33. The van der Waals surface area contributed by atoms with Crippen LogP contribution in [0.5, 0.6) is 0 Å². The van der Waals surface area contributed by atoms with Crippen molar-refractivity contribution in [2.75, 3.05) is 0 Å². The summed E-state index contributed by atoms with van der Waals surface area (Å²) in [6.45, 7) is 1.97. The topological polar surface area (TPSA) is 76.6 Å². The maximum atomic E-state index is 12.1. The Morgan fingerprint density at radius 1 is 1.23 bits per heavy atom. The highest BCUT2D eigenvalue weighted by atomic mass is 32.1. The second-order valence-corrected chi connectivity index (χ2v) is 5.62. The predicted molar refractivity (Wildman–Crippen MR) is 78.2 cm³/mol. The number of rotatable bonds is 4. The zero-order chi connectivity index (χ0) is 15.7. The summed E-state index contributed by atoms with van der Waals surface area (Å²) in [5.41, 5.74) is 1.05. The number of carbonyl (C=O) groups is 3. The molecule has 0 fully saturated rings. The Labute approximate surface area is 130 Å². The van der Waals surface area contributed by atoms with Crippen molar-refractivity contribution in [2.45, 2.75) is 19.8 Å². The number of aromatic nitrogens is 1. The van der Waals surface area contributed by atoms with Gasteiger partial charge in [0, 0.05) is 5.38 Å². The normalized spacial score (nSPS) is 13.4. The third-order valence-electron chi connectivity index (χ3n) is 3.18. The second kappa shape index (κ2) is 5.69. The number of benzene rings is 1. The number of hydroxylamine groups is 2. The van der Waals surface area contributed by atoms with E-state index in [1.165, 1.54) is 23.5 Å². The van der Waals surface area contributed by atoms with E-state index in [1.54, 1.807) is 17.5 Å². The molecule has 1 aliphatic rings. The van der Waals surface area contributed by atoms with Crippen molar-refractivity contribution in [1.82, 2.24) is 10.0 Å². The molecule has 0 aliphatic carbocycles. The van der Waals surface area contributed by atoms with Gasteiger partial charge < -0.3 is 4.84 Å². The number of nitrogens with zero attached hydrogens (tertiary/aromatic N) is 2. The van der Waals surface area contributed by atoms with Gasteiger partial charge in [0.25, 0.3) is 11.8 Å². The van der Waals surface area contributed by atoms with Gasteiger partial charge in [-0.1, -0.05) is 24.1 Å². The summed E-state index contributed by atoms with van der Waals surface area (Å²) in [6.07, 6.45) is 0.710. The van der Waals surface area contributed by atoms with Crippen LogP contribution in [0.3, 0.4) is 0 Å². The van der Waals surface area contributed by atoms with Crippen LogP contribution >= 0.6 is 11.3 Å². The molecular weight excluding hydrogens is 304 g/mol. The van der Waals surface area contributed by atoms with Crippen molar-refractivity contribution < 1.29 is 19.2 Å². The molecule has 1 aliphatic heterocycles. The minimum absolute atomic E-state index is 0.0795. The molecule has 0 saturated carbocycles. The van der Waals surface area contributed by atoms with E-state index >= 15 is 0 Å². The Kier molecular flexibility index (Phi) is 3.72. The van der Waals surface area contributed by atoms with E-state index in [2.05, 4.69) is 4.98 Å². The van der Waals surface area contributed by atoms with Crippen molar-refractivity contribution in [3.8, 4) is 0 Å². The van der Waals surface area contributed by atoms with Gasteiger partial charge in [0.15, 0.2) is 0 Å². The number of thiazole rings is 1. The van der Waals surface area contributed by atoms with Crippen LogP contribution in [0.2, 0.25) is 0 Å². The number of fused-ring (bicyclic) bond motifs is 1. The number of hydrogen-bond acceptors (Lipinski definition) is 6. The van der Waals surface area contributed by atoms with Crippen LogP contribution in [-0.4, -0.2) is 27.8 Å². The first-order valence-electron chi connectivity index (χ1n) is 6.72. The highest BCUT2D eigenvalue weighted by molar-refractivity contribution is 7.09. The third kappa shape index (κ3) is 2.50. The number of amides is 2. The van der Waals surface area contributed by atoms with Crippen LogP contribution in [-0.2, 0) is 22.5 Å². The largest absolute Gasteiger partial charge is 0.339 e. The summed E-state index contributed by atoms with van der Waals surface area (Å²) in [7, 11) is 0. The zero-order valence-corrected chi connectivity index (χ0v) is 12.6. The molecule has 0 saturated heterocycles. The molecule has 6 nitrogen and oxygen atoms in total. The Balaban J connectivity index is 1.70. The van der Waals surface area contributed by atoms with E-state index in [4.69, 9.17) is 4.84 Å². The molecule has 0 spiro atoms. The summed E-state index contributed by atoms with van der Waals surface area (Å²) in [5, 5.41) is 3.20. The van der Waals surface area contributed by atoms with Crippen LogP contribution in [0, 0.1) is 0 Å². The van der Waals surface area contributed by atoms with Crippen LogP contribution in [0.1, 0.15) is 38.3 Å². The van der Waals surface area contributed by atoms with Gasteiger partial charge >= 0.3 is 5.97 Å². The number of imide groups is 1. The molecule has 22 heavy (non-hydrogen) atoms. The first-order chi connectivity index (χ1) is 10.6. The fourth-order valence-electron chi connectivity index (χ4n) is 2.12. The van der Waals surface area contributed by atoms with Crippen LogP contribution < -0.4 is 0 Å². The van der Waals surface area contributed by atoms with Crippen molar-refractivity contribution in [3.63, 3.8) is 0 Å². The second-order valence-electron chi connectivity index (χ2n) is 4.68. The van der Waals surface area contributed by atoms with Gasteiger partial charge in [-0.05, 0) is 18.6 Å². The highest BCUT2D eigenvalue weighted by Gasteiger charge is 2.38. The Hall–Kier alpha value is -2.54. The fraction of sp³-hybridized carbons (Fsp3) is 0.200. The van der Waals surface area contributed by atoms with E-state index in [-0.39, 0.29) is 17.5 Å². The maximum absolute atomic E-state index is 12.1. The first kappa shape index (κ1) is 14.4. The van der Waals surface area contributed by atoms with Gasteiger partial charge in [0.2, 0.25) is 0 Å². The van der Waals surface area contributed by atoms with Crippen LogP contribution in [0.4, 0.5) is 0 Å². The van der Waals surface area contributed by atoms with E-state index in [9.17, 15) is 14.4 Å². The molecule has 2 amide bonds. The maximum Gasteiger partial charge on any atom is 0.339 e. The fourth-order valence-corrected chi connectivity index (χ4v) is 2.87. The lowest BCUT2D eigenvalue weighted by Gasteiger charge is -2.11. The highest BCUT2D eigenvalue weighted by Crippen LogP contribution is 2.23. The number of carbonyl (C=O) groups excluding carboxylic acids is 3. The molecule has 0 atom stereocenters. The standard InChI is InChI=1S/C15H12N2O4S/c1-2-12-16-9(8-22-12)7-13(18)21-17-14(19)10-5-3-4-6-11(10)15(17)20/h3-6,8H,2,7H2,1H3. The Morgan fingerprint density at radius 3 is 2.41 bits per heavy atom. The van der Waals surface area contributed by atoms with Gasteiger partial charge in [-0.15, -0.1) is 11.3 Å². The van der Waals surface area contributed by atoms with E-state index in [0.717, 1.165) is 11.4 Å². The van der Waals surface area contributed by atoms with Crippen LogP contribution in [0.15, 0.2) is 29.6 Å². The van der Waals surface area contributed by atoms with Crippen molar-refractivity contribution in [3.05, 3.63) is 51.5 Å².